The molecule has 0 saturated carbocycles. The molecule has 164 valence electrons. The van der Waals surface area contributed by atoms with Crippen LogP contribution in [0.1, 0.15) is 51.9 Å². The minimum atomic E-state index is -0.303. The molecule has 0 bridgehead atoms. The Kier molecular flexibility index (Phi) is 6.20. The van der Waals surface area contributed by atoms with Gasteiger partial charge in [-0.05, 0) is 57.1 Å². The Hall–Kier alpha value is -2.58. The van der Waals surface area contributed by atoms with E-state index in [1.807, 2.05) is 32.0 Å². The van der Waals surface area contributed by atoms with Crippen LogP contribution in [-0.4, -0.2) is 41.0 Å². The standard InChI is InChI=1S/C23H27FN4O2S/c1-14-19-22(26-18-10-5-4-6-11-28(18)23(19)30)31-20(14)21(29)25-13-17(27(2)3)15-8-7-9-16(24)12-15/h7-9,12,17H,4-6,10-11,13H2,1-3H3,(H,25,29). The Morgan fingerprint density at radius 3 is 2.87 bits per heavy atom. The molecule has 8 heteroatoms. The lowest BCUT2D eigenvalue weighted by molar-refractivity contribution is 0.0945. The summed E-state index contributed by atoms with van der Waals surface area (Å²) in [7, 11) is 3.79. The molecule has 1 aromatic carbocycles. The molecule has 3 aromatic rings. The summed E-state index contributed by atoms with van der Waals surface area (Å²) in [6.45, 7) is 2.83. The van der Waals surface area contributed by atoms with Crippen molar-refractivity contribution >= 4 is 27.5 Å². The van der Waals surface area contributed by atoms with Crippen LogP contribution in [0.3, 0.4) is 0 Å². The SMILES string of the molecule is Cc1c(C(=O)NCC(c2cccc(F)c2)N(C)C)sc2nc3n(c(=O)c12)CCCCC3. The van der Waals surface area contributed by atoms with E-state index in [0.717, 1.165) is 37.1 Å². The van der Waals surface area contributed by atoms with Gasteiger partial charge in [-0.2, -0.15) is 0 Å². The molecule has 3 heterocycles. The average Bonchev–Trinajstić information content (AvgIpc) is 2.89. The first-order valence-corrected chi connectivity index (χ1v) is 11.4. The summed E-state index contributed by atoms with van der Waals surface area (Å²) in [6, 6.07) is 6.24. The molecule has 0 spiro atoms. The molecule has 4 rings (SSSR count). The largest absolute Gasteiger partial charge is 0.349 e. The Morgan fingerprint density at radius 1 is 1.32 bits per heavy atom. The van der Waals surface area contributed by atoms with Crippen molar-refractivity contribution in [3.63, 3.8) is 0 Å². The molecule has 2 aromatic heterocycles. The number of benzene rings is 1. The van der Waals surface area contributed by atoms with E-state index in [1.165, 1.54) is 23.5 Å². The molecular weight excluding hydrogens is 415 g/mol. The van der Waals surface area contributed by atoms with Crippen LogP contribution >= 0.6 is 11.3 Å². The first kappa shape index (κ1) is 21.6. The second-order valence-corrected chi connectivity index (χ2v) is 9.28. The Morgan fingerprint density at radius 2 is 2.13 bits per heavy atom. The second kappa shape index (κ2) is 8.88. The van der Waals surface area contributed by atoms with Crippen molar-refractivity contribution in [1.29, 1.82) is 0 Å². The Bertz CT molecular complexity index is 1180. The zero-order chi connectivity index (χ0) is 22.1. The van der Waals surface area contributed by atoms with E-state index in [2.05, 4.69) is 5.32 Å². The van der Waals surface area contributed by atoms with Gasteiger partial charge in [0, 0.05) is 19.5 Å². The highest BCUT2D eigenvalue weighted by molar-refractivity contribution is 7.20. The fourth-order valence-corrected chi connectivity index (χ4v) is 5.32. The van der Waals surface area contributed by atoms with Crippen LogP contribution in [0.5, 0.6) is 0 Å². The van der Waals surface area contributed by atoms with E-state index in [1.54, 1.807) is 10.6 Å². The van der Waals surface area contributed by atoms with E-state index in [-0.39, 0.29) is 23.3 Å². The summed E-state index contributed by atoms with van der Waals surface area (Å²) in [5.74, 6) is 0.285. The van der Waals surface area contributed by atoms with E-state index in [0.29, 0.717) is 33.7 Å². The van der Waals surface area contributed by atoms with E-state index in [9.17, 15) is 14.0 Å². The molecule has 0 radical (unpaired) electrons. The van der Waals surface area contributed by atoms with E-state index >= 15 is 0 Å². The zero-order valence-corrected chi connectivity index (χ0v) is 18.9. The number of amides is 1. The van der Waals surface area contributed by atoms with Crippen LogP contribution in [0.4, 0.5) is 4.39 Å². The first-order valence-electron chi connectivity index (χ1n) is 10.6. The van der Waals surface area contributed by atoms with Gasteiger partial charge < -0.3 is 10.2 Å². The highest BCUT2D eigenvalue weighted by atomic mass is 32.1. The van der Waals surface area contributed by atoms with Gasteiger partial charge in [0.05, 0.1) is 16.3 Å². The Labute approximate surface area is 184 Å². The molecule has 6 nitrogen and oxygen atoms in total. The molecule has 0 fully saturated rings. The maximum absolute atomic E-state index is 13.7. The van der Waals surface area contributed by atoms with Crippen LogP contribution < -0.4 is 10.9 Å². The summed E-state index contributed by atoms with van der Waals surface area (Å²) < 4.78 is 15.5. The van der Waals surface area contributed by atoms with E-state index in [4.69, 9.17) is 4.98 Å². The number of hydrogen-bond acceptors (Lipinski definition) is 5. The van der Waals surface area contributed by atoms with Crippen LogP contribution in [0.25, 0.3) is 10.2 Å². The quantitative estimate of drug-likeness (QED) is 0.655. The molecule has 0 saturated heterocycles. The number of halogens is 1. The van der Waals surface area contributed by atoms with Gasteiger partial charge in [0.2, 0.25) is 0 Å². The molecule has 1 amide bonds. The third kappa shape index (κ3) is 4.27. The Balaban J connectivity index is 1.61. The van der Waals surface area contributed by atoms with Gasteiger partial charge in [-0.15, -0.1) is 11.3 Å². The number of fused-ring (bicyclic) bond motifs is 2. The predicted octanol–water partition coefficient (Wildman–Crippen LogP) is 3.66. The van der Waals surface area contributed by atoms with Crippen molar-refractivity contribution in [1.82, 2.24) is 19.8 Å². The molecule has 1 N–H and O–H groups in total. The minimum Gasteiger partial charge on any atom is -0.349 e. The third-order valence-electron chi connectivity index (χ3n) is 5.93. The van der Waals surface area contributed by atoms with Gasteiger partial charge in [0.15, 0.2) is 0 Å². The number of thiophene rings is 1. The number of rotatable bonds is 5. The normalized spacial score (nSPS) is 15.0. The van der Waals surface area contributed by atoms with Gasteiger partial charge in [-0.3, -0.25) is 14.2 Å². The number of aromatic nitrogens is 2. The highest BCUT2D eigenvalue weighted by Gasteiger charge is 2.23. The van der Waals surface area contributed by atoms with Gasteiger partial charge >= 0.3 is 0 Å². The van der Waals surface area contributed by atoms with Gasteiger partial charge in [0.25, 0.3) is 11.5 Å². The summed E-state index contributed by atoms with van der Waals surface area (Å²) in [6.07, 6.45) is 3.90. The molecule has 31 heavy (non-hydrogen) atoms. The summed E-state index contributed by atoms with van der Waals surface area (Å²) in [5.41, 5.74) is 1.43. The molecule has 1 aliphatic heterocycles. The molecular formula is C23H27FN4O2S. The fourth-order valence-electron chi connectivity index (χ4n) is 4.21. The van der Waals surface area contributed by atoms with Gasteiger partial charge in [-0.25, -0.2) is 9.37 Å². The number of carbonyl (C=O) groups is 1. The number of likely N-dealkylation sites (N-methyl/N-ethyl adjacent to an activating group) is 1. The number of hydrogen-bond donors (Lipinski definition) is 1. The summed E-state index contributed by atoms with van der Waals surface area (Å²) >= 11 is 1.27. The number of aryl methyl sites for hydroxylation is 2. The number of nitrogens with one attached hydrogen (secondary N) is 1. The van der Waals surface area contributed by atoms with Crippen molar-refractivity contribution < 1.29 is 9.18 Å². The van der Waals surface area contributed by atoms with Crippen LogP contribution in [0, 0.1) is 12.7 Å². The molecule has 0 aliphatic carbocycles. The average molecular weight is 443 g/mol. The molecule has 1 unspecified atom stereocenters. The second-order valence-electron chi connectivity index (χ2n) is 8.28. The first-order chi connectivity index (χ1) is 14.9. The van der Waals surface area contributed by atoms with Crippen LogP contribution in [0.2, 0.25) is 0 Å². The van der Waals surface area contributed by atoms with Crippen molar-refractivity contribution in [2.75, 3.05) is 20.6 Å². The maximum Gasteiger partial charge on any atom is 0.262 e. The summed E-state index contributed by atoms with van der Waals surface area (Å²) in [5, 5.41) is 3.52. The third-order valence-corrected chi connectivity index (χ3v) is 7.11. The van der Waals surface area contributed by atoms with Gasteiger partial charge in [-0.1, -0.05) is 18.6 Å². The summed E-state index contributed by atoms with van der Waals surface area (Å²) in [4.78, 5) is 33.9. The minimum absolute atomic E-state index is 0.0411. The van der Waals surface area contributed by atoms with Crippen LogP contribution in [0.15, 0.2) is 29.1 Å². The smallest absolute Gasteiger partial charge is 0.262 e. The highest BCUT2D eigenvalue weighted by Crippen LogP contribution is 2.28. The van der Waals surface area contributed by atoms with Crippen LogP contribution in [-0.2, 0) is 13.0 Å². The fraction of sp³-hybridized carbons (Fsp3) is 0.435. The van der Waals surface area contributed by atoms with Crippen molar-refractivity contribution in [2.24, 2.45) is 0 Å². The lowest BCUT2D eigenvalue weighted by Crippen LogP contribution is -2.34. The maximum atomic E-state index is 13.7. The zero-order valence-electron chi connectivity index (χ0n) is 18.1. The van der Waals surface area contributed by atoms with Crippen molar-refractivity contribution in [2.45, 2.75) is 45.2 Å². The van der Waals surface area contributed by atoms with Gasteiger partial charge in [0.1, 0.15) is 16.5 Å². The van der Waals surface area contributed by atoms with E-state index < -0.39 is 0 Å². The van der Waals surface area contributed by atoms with Crippen molar-refractivity contribution in [3.05, 3.63) is 62.3 Å². The molecule has 1 aliphatic rings. The predicted molar refractivity (Wildman–Crippen MR) is 121 cm³/mol. The van der Waals surface area contributed by atoms with Crippen molar-refractivity contribution in [3.8, 4) is 0 Å². The number of nitrogens with zero attached hydrogens (tertiary/aromatic N) is 3. The number of carbonyl (C=O) groups excluding carboxylic acids is 1. The lowest BCUT2D eigenvalue weighted by atomic mass is 10.1. The topological polar surface area (TPSA) is 67.2 Å². The lowest BCUT2D eigenvalue weighted by Gasteiger charge is -2.25. The molecule has 1 atom stereocenters. The monoisotopic (exact) mass is 442 g/mol.